The van der Waals surface area contributed by atoms with Crippen LogP contribution in [0.1, 0.15) is 129 Å². The minimum Gasteiger partial charge on any atom is -0.462 e. The summed E-state index contributed by atoms with van der Waals surface area (Å²) in [4.78, 5) is 50.7. The van der Waals surface area contributed by atoms with Gasteiger partial charge < -0.3 is 9.47 Å². The predicted molar refractivity (Wildman–Crippen MR) is 184 cm³/mol. The first kappa shape index (κ1) is 39.0. The van der Waals surface area contributed by atoms with E-state index in [2.05, 4.69) is 13.8 Å². The summed E-state index contributed by atoms with van der Waals surface area (Å²) in [7, 11) is 0. The highest BCUT2D eigenvalue weighted by molar-refractivity contribution is 6.10. The molecule has 264 valence electrons. The van der Waals surface area contributed by atoms with Crippen LogP contribution in [-0.2, 0) is 28.7 Å². The van der Waals surface area contributed by atoms with E-state index in [9.17, 15) is 28.0 Å². The van der Waals surface area contributed by atoms with Crippen molar-refractivity contribution >= 4 is 23.5 Å². The maximum Gasteiger partial charge on any atom is 0.306 e. The average molecular weight is 669 g/mol. The monoisotopic (exact) mass is 668 g/mol. The van der Waals surface area contributed by atoms with E-state index >= 15 is 0 Å². The molecule has 0 aromatic rings. The molecule has 48 heavy (non-hydrogen) atoms. The van der Waals surface area contributed by atoms with Crippen molar-refractivity contribution in [3.63, 3.8) is 0 Å². The van der Waals surface area contributed by atoms with Crippen molar-refractivity contribution in [2.24, 2.45) is 11.8 Å². The van der Waals surface area contributed by atoms with Gasteiger partial charge in [-0.1, -0.05) is 76.0 Å². The number of halogens is 2. The Bertz CT molecular complexity index is 1190. The Balaban J connectivity index is 1.74. The van der Waals surface area contributed by atoms with Crippen molar-refractivity contribution in [2.45, 2.75) is 142 Å². The molecule has 0 saturated heterocycles. The molecule has 1 heterocycles. The first-order valence-electron chi connectivity index (χ1n) is 18.2. The number of hydrogen-bond acceptors (Lipinski definition) is 6. The van der Waals surface area contributed by atoms with Gasteiger partial charge in [0.1, 0.15) is 12.2 Å². The summed E-state index contributed by atoms with van der Waals surface area (Å²) in [5.74, 6) is -4.10. The van der Waals surface area contributed by atoms with E-state index < -0.39 is 35.4 Å². The van der Waals surface area contributed by atoms with Gasteiger partial charge in [-0.25, -0.2) is 8.78 Å². The lowest BCUT2D eigenvalue weighted by Crippen LogP contribution is -2.18. The highest BCUT2D eigenvalue weighted by atomic mass is 19.1. The SMILES string of the molecule is CCCCC[C@H]1C/C=C2/C(=O)C(F)=C[C@@H]2C/C=C\CCCC(=O)O[C@@H](CCCCC)C/C=C2/C(=O)C(F)=C[C@@H]2C/C=C\CCCC(=O)O1. The van der Waals surface area contributed by atoms with Crippen LogP contribution in [0.25, 0.3) is 0 Å². The molecular formula is C40H54F2O6. The summed E-state index contributed by atoms with van der Waals surface area (Å²) in [6.45, 7) is 4.19. The van der Waals surface area contributed by atoms with Gasteiger partial charge >= 0.3 is 11.9 Å². The number of hydrogen-bond donors (Lipinski definition) is 0. The van der Waals surface area contributed by atoms with Crippen LogP contribution in [-0.4, -0.2) is 35.7 Å². The summed E-state index contributed by atoms with van der Waals surface area (Å²) < 4.78 is 40.4. The molecule has 0 spiro atoms. The van der Waals surface area contributed by atoms with Gasteiger partial charge in [0.2, 0.25) is 11.6 Å². The van der Waals surface area contributed by atoms with Gasteiger partial charge in [0.15, 0.2) is 11.7 Å². The summed E-state index contributed by atoms with van der Waals surface area (Å²) in [5, 5.41) is 0. The highest BCUT2D eigenvalue weighted by Gasteiger charge is 2.31. The number of ether oxygens (including phenoxy) is 2. The van der Waals surface area contributed by atoms with Gasteiger partial charge in [-0.05, 0) is 76.4 Å². The maximum absolute atomic E-state index is 14.4. The van der Waals surface area contributed by atoms with E-state index in [1.807, 2.05) is 24.3 Å². The van der Waals surface area contributed by atoms with Crippen LogP contribution in [0.5, 0.6) is 0 Å². The third-order valence-electron chi connectivity index (χ3n) is 9.13. The van der Waals surface area contributed by atoms with Gasteiger partial charge in [-0.3, -0.25) is 19.2 Å². The fourth-order valence-corrected chi connectivity index (χ4v) is 6.33. The van der Waals surface area contributed by atoms with Gasteiger partial charge in [-0.2, -0.15) is 0 Å². The first-order chi connectivity index (χ1) is 23.2. The molecule has 0 aromatic carbocycles. The summed E-state index contributed by atoms with van der Waals surface area (Å²) in [5.41, 5.74) is 0.794. The largest absolute Gasteiger partial charge is 0.462 e. The second kappa shape index (κ2) is 21.5. The molecule has 3 rings (SSSR count). The number of rotatable bonds is 8. The second-order valence-corrected chi connectivity index (χ2v) is 13.1. The summed E-state index contributed by atoms with van der Waals surface area (Å²) in [6, 6.07) is 0. The zero-order valence-corrected chi connectivity index (χ0v) is 28.9. The quantitative estimate of drug-likeness (QED) is 0.145. The van der Waals surface area contributed by atoms with Crippen LogP contribution in [0, 0.1) is 11.8 Å². The van der Waals surface area contributed by atoms with Gasteiger partial charge in [0, 0.05) is 48.7 Å². The third kappa shape index (κ3) is 13.2. The lowest BCUT2D eigenvalue weighted by Gasteiger charge is -2.18. The number of carbonyl (C=O) groups excluding carboxylic acids is 4. The van der Waals surface area contributed by atoms with Crippen LogP contribution in [0.15, 0.2) is 71.4 Å². The van der Waals surface area contributed by atoms with E-state index in [0.29, 0.717) is 75.4 Å². The molecule has 0 saturated carbocycles. The Hall–Kier alpha value is -3.42. The highest BCUT2D eigenvalue weighted by Crippen LogP contribution is 2.33. The number of carbonyl (C=O) groups is 4. The van der Waals surface area contributed by atoms with Gasteiger partial charge in [0.05, 0.1) is 0 Å². The van der Waals surface area contributed by atoms with Gasteiger partial charge in [-0.15, -0.1) is 0 Å². The predicted octanol–water partition coefficient (Wildman–Crippen LogP) is 9.95. The fourth-order valence-electron chi connectivity index (χ4n) is 6.33. The van der Waals surface area contributed by atoms with Crippen molar-refractivity contribution in [1.29, 1.82) is 0 Å². The van der Waals surface area contributed by atoms with Crippen molar-refractivity contribution in [3.05, 3.63) is 71.4 Å². The molecule has 0 unspecified atom stereocenters. The Labute approximate surface area is 285 Å². The fraction of sp³-hybridized carbons (Fsp3) is 0.600. The number of allylic oxidation sites excluding steroid dienone is 10. The van der Waals surface area contributed by atoms with Gasteiger partial charge in [0.25, 0.3) is 0 Å². The molecule has 8 heteroatoms. The van der Waals surface area contributed by atoms with Crippen LogP contribution < -0.4 is 0 Å². The standard InChI is InChI=1S/C40H54F2O6/c1-3-5-11-19-31-23-25-33-29(27-35(41)39(33)45)17-13-8-10-16-22-38(44)48-32(20-12-6-4-2)24-26-34-30(28-36(42)40(34)46)18-14-7-9-15-21-37(43)47-31/h7-8,13-14,25-32H,3-6,9-12,15-24H2,1-2H3/b13-8-,14-7-,33-25+,34-26+/t29-,30-,31-,32-/m0/s1. The number of ketones is 2. The van der Waals surface area contributed by atoms with Crippen molar-refractivity contribution < 1.29 is 37.4 Å². The molecule has 3 aliphatic rings. The third-order valence-corrected chi connectivity index (χ3v) is 9.13. The second-order valence-electron chi connectivity index (χ2n) is 13.1. The minimum absolute atomic E-state index is 0.230. The molecule has 0 amide bonds. The van der Waals surface area contributed by atoms with Crippen LogP contribution in [0.4, 0.5) is 8.78 Å². The number of unbranched alkanes of at least 4 members (excludes halogenated alkanes) is 4. The Morgan fingerprint density at radius 3 is 1.42 bits per heavy atom. The number of fused-ring (bicyclic) bond motifs is 2. The number of Topliss-reactive ketones (excluding diaryl/α,β-unsaturated/α-hetero) is 2. The smallest absolute Gasteiger partial charge is 0.306 e. The minimum atomic E-state index is -0.753. The van der Waals surface area contributed by atoms with Crippen LogP contribution >= 0.6 is 0 Å². The number of cyclic esters (lactones) is 2. The molecule has 6 nitrogen and oxygen atoms in total. The van der Waals surface area contributed by atoms with E-state index in [1.165, 1.54) is 12.2 Å². The topological polar surface area (TPSA) is 86.7 Å². The van der Waals surface area contributed by atoms with Crippen molar-refractivity contribution in [1.82, 2.24) is 0 Å². The molecule has 2 aliphatic carbocycles. The Morgan fingerprint density at radius 1 is 0.604 bits per heavy atom. The zero-order valence-electron chi connectivity index (χ0n) is 28.9. The van der Waals surface area contributed by atoms with E-state index in [-0.39, 0.29) is 36.6 Å². The Kier molecular flexibility index (Phi) is 17.5. The first-order valence-corrected chi connectivity index (χ1v) is 18.2. The molecule has 1 aliphatic heterocycles. The van der Waals surface area contributed by atoms with Crippen LogP contribution in [0.2, 0.25) is 0 Å². The summed E-state index contributed by atoms with van der Waals surface area (Å²) in [6.07, 6.45) is 24.7. The molecule has 0 aromatic heterocycles. The molecule has 0 N–H and O–H groups in total. The zero-order chi connectivity index (χ0) is 34.7. The van der Waals surface area contributed by atoms with Crippen LogP contribution in [0.3, 0.4) is 0 Å². The van der Waals surface area contributed by atoms with E-state index in [1.54, 1.807) is 12.2 Å². The molecular weight excluding hydrogens is 614 g/mol. The van der Waals surface area contributed by atoms with E-state index in [0.717, 1.165) is 38.5 Å². The Morgan fingerprint density at radius 2 is 1.02 bits per heavy atom. The molecule has 0 bridgehead atoms. The van der Waals surface area contributed by atoms with Crippen molar-refractivity contribution in [2.75, 3.05) is 0 Å². The lowest BCUT2D eigenvalue weighted by molar-refractivity contribution is -0.150. The molecule has 0 fully saturated rings. The lowest BCUT2D eigenvalue weighted by atomic mass is 9.95. The molecule has 4 atom stereocenters. The average Bonchev–Trinajstić information content (AvgIpc) is 3.49. The number of esters is 2. The van der Waals surface area contributed by atoms with E-state index in [4.69, 9.17) is 9.47 Å². The summed E-state index contributed by atoms with van der Waals surface area (Å²) >= 11 is 0. The molecule has 0 radical (unpaired) electrons. The van der Waals surface area contributed by atoms with Crippen molar-refractivity contribution in [3.8, 4) is 0 Å². The maximum atomic E-state index is 14.4. The normalized spacial score (nSPS) is 29.2.